The molecule has 1 aromatic heterocycles. The number of nitrogens with zero attached hydrogens (tertiary/aromatic N) is 3. The summed E-state index contributed by atoms with van der Waals surface area (Å²) in [4.78, 5) is 31.8. The van der Waals surface area contributed by atoms with Gasteiger partial charge in [0.2, 0.25) is 0 Å². The molecule has 3 aromatic rings. The number of carbonyl (C=O) groups is 1. The SMILES string of the molecule is COc1ccc(C(=O)/C=C/c2ccc(Sc3ncccn3)c([N+](=O)[O-])c2)cc1. The minimum atomic E-state index is -0.464. The first-order valence-electron chi connectivity index (χ1n) is 8.16. The molecule has 0 spiro atoms. The highest BCUT2D eigenvalue weighted by Gasteiger charge is 2.16. The van der Waals surface area contributed by atoms with Crippen LogP contribution in [0.5, 0.6) is 5.75 Å². The van der Waals surface area contributed by atoms with Gasteiger partial charge in [0.1, 0.15) is 5.75 Å². The number of methoxy groups -OCH3 is 1. The predicted molar refractivity (Wildman–Crippen MR) is 106 cm³/mol. The zero-order valence-corrected chi connectivity index (χ0v) is 15.6. The van der Waals surface area contributed by atoms with Crippen LogP contribution < -0.4 is 4.74 Å². The Morgan fingerprint density at radius 1 is 1.14 bits per heavy atom. The van der Waals surface area contributed by atoms with Crippen molar-refractivity contribution in [2.45, 2.75) is 10.1 Å². The van der Waals surface area contributed by atoms with E-state index in [9.17, 15) is 14.9 Å². The van der Waals surface area contributed by atoms with Crippen molar-refractivity contribution in [1.82, 2.24) is 9.97 Å². The maximum Gasteiger partial charge on any atom is 0.283 e. The lowest BCUT2D eigenvalue weighted by molar-refractivity contribution is -0.387. The molecular formula is C20H15N3O4S. The molecule has 0 amide bonds. The van der Waals surface area contributed by atoms with E-state index in [2.05, 4.69) is 9.97 Å². The average molecular weight is 393 g/mol. The molecule has 140 valence electrons. The normalized spacial score (nSPS) is 10.8. The third-order valence-corrected chi connectivity index (χ3v) is 4.68. The molecule has 0 saturated carbocycles. The van der Waals surface area contributed by atoms with E-state index in [4.69, 9.17) is 4.74 Å². The van der Waals surface area contributed by atoms with E-state index in [1.807, 2.05) is 0 Å². The first-order chi connectivity index (χ1) is 13.6. The van der Waals surface area contributed by atoms with Gasteiger partial charge in [0.25, 0.3) is 5.69 Å². The van der Waals surface area contributed by atoms with Gasteiger partial charge in [0.05, 0.1) is 16.9 Å². The molecule has 0 aliphatic heterocycles. The highest BCUT2D eigenvalue weighted by atomic mass is 32.2. The van der Waals surface area contributed by atoms with Crippen LogP contribution in [0.4, 0.5) is 5.69 Å². The fraction of sp³-hybridized carbons (Fsp3) is 0.0500. The van der Waals surface area contributed by atoms with Gasteiger partial charge in [-0.2, -0.15) is 0 Å². The molecule has 0 aliphatic carbocycles. The van der Waals surface area contributed by atoms with Crippen molar-refractivity contribution in [3.8, 4) is 5.75 Å². The summed E-state index contributed by atoms with van der Waals surface area (Å²) in [6.07, 6.45) is 6.08. The maximum atomic E-state index is 12.3. The Bertz CT molecular complexity index is 1020. The Labute approximate surface area is 165 Å². The number of rotatable bonds is 7. The number of aromatic nitrogens is 2. The Balaban J connectivity index is 1.80. The van der Waals surface area contributed by atoms with Crippen LogP contribution in [0.3, 0.4) is 0 Å². The van der Waals surface area contributed by atoms with Gasteiger partial charge < -0.3 is 4.74 Å². The Morgan fingerprint density at radius 2 is 1.86 bits per heavy atom. The smallest absolute Gasteiger partial charge is 0.283 e. The number of hydrogen-bond acceptors (Lipinski definition) is 7. The summed E-state index contributed by atoms with van der Waals surface area (Å²) in [6.45, 7) is 0. The highest BCUT2D eigenvalue weighted by molar-refractivity contribution is 7.99. The van der Waals surface area contributed by atoms with Crippen LogP contribution in [0.25, 0.3) is 6.08 Å². The van der Waals surface area contributed by atoms with Crippen LogP contribution in [0.15, 0.2) is 77.1 Å². The van der Waals surface area contributed by atoms with Gasteiger partial charge in [-0.25, -0.2) is 9.97 Å². The van der Waals surface area contributed by atoms with E-state index >= 15 is 0 Å². The van der Waals surface area contributed by atoms with Gasteiger partial charge in [0, 0.05) is 24.0 Å². The second kappa shape index (κ2) is 8.92. The number of nitro benzene ring substituents is 1. The average Bonchev–Trinajstić information content (AvgIpc) is 2.73. The summed E-state index contributed by atoms with van der Waals surface area (Å²) >= 11 is 1.11. The minimum Gasteiger partial charge on any atom is -0.497 e. The van der Waals surface area contributed by atoms with Crippen LogP contribution in [-0.4, -0.2) is 27.8 Å². The molecule has 28 heavy (non-hydrogen) atoms. The second-order valence-electron chi connectivity index (χ2n) is 5.54. The molecule has 0 saturated heterocycles. The molecule has 2 aromatic carbocycles. The zero-order chi connectivity index (χ0) is 19.9. The fourth-order valence-corrected chi connectivity index (χ4v) is 3.12. The van der Waals surface area contributed by atoms with Gasteiger partial charge >= 0.3 is 0 Å². The number of ketones is 1. The van der Waals surface area contributed by atoms with Crippen molar-refractivity contribution in [1.29, 1.82) is 0 Å². The molecule has 0 N–H and O–H groups in total. The van der Waals surface area contributed by atoms with E-state index < -0.39 is 4.92 Å². The molecule has 0 radical (unpaired) electrons. The second-order valence-corrected chi connectivity index (χ2v) is 6.55. The van der Waals surface area contributed by atoms with Crippen molar-refractivity contribution < 1.29 is 14.5 Å². The minimum absolute atomic E-state index is 0.0727. The highest BCUT2D eigenvalue weighted by Crippen LogP contribution is 2.33. The quantitative estimate of drug-likeness (QED) is 0.192. The summed E-state index contributed by atoms with van der Waals surface area (Å²) in [7, 11) is 1.55. The lowest BCUT2D eigenvalue weighted by atomic mass is 10.1. The first-order valence-corrected chi connectivity index (χ1v) is 8.98. The molecule has 3 rings (SSSR count). The molecule has 0 aliphatic rings. The van der Waals surface area contributed by atoms with Crippen LogP contribution >= 0.6 is 11.8 Å². The molecule has 1 heterocycles. The van der Waals surface area contributed by atoms with Crippen molar-refractivity contribution >= 4 is 29.3 Å². The number of allylic oxidation sites excluding steroid dienone is 1. The van der Waals surface area contributed by atoms with E-state index in [-0.39, 0.29) is 11.5 Å². The van der Waals surface area contributed by atoms with Gasteiger partial charge in [0.15, 0.2) is 10.9 Å². The van der Waals surface area contributed by atoms with Crippen LogP contribution in [0, 0.1) is 10.1 Å². The summed E-state index contributed by atoms with van der Waals surface area (Å²) in [6, 6.07) is 13.1. The Morgan fingerprint density at radius 3 is 2.50 bits per heavy atom. The van der Waals surface area contributed by atoms with E-state index in [0.29, 0.717) is 26.9 Å². The largest absolute Gasteiger partial charge is 0.497 e. The van der Waals surface area contributed by atoms with E-state index in [1.54, 1.807) is 68.0 Å². The van der Waals surface area contributed by atoms with Crippen LogP contribution in [-0.2, 0) is 0 Å². The third kappa shape index (κ3) is 4.80. The predicted octanol–water partition coefficient (Wildman–Crippen LogP) is 4.44. The van der Waals surface area contributed by atoms with Crippen molar-refractivity contribution in [2.24, 2.45) is 0 Å². The third-order valence-electron chi connectivity index (χ3n) is 3.72. The molecular weight excluding hydrogens is 378 g/mol. The van der Waals surface area contributed by atoms with E-state index in [1.165, 1.54) is 12.1 Å². The molecule has 0 fully saturated rings. The molecule has 0 unspecified atom stereocenters. The van der Waals surface area contributed by atoms with Crippen molar-refractivity contribution in [3.05, 3.63) is 88.2 Å². The van der Waals surface area contributed by atoms with Gasteiger partial charge in [-0.05, 0) is 59.8 Å². The van der Waals surface area contributed by atoms with Gasteiger partial charge in [-0.3, -0.25) is 14.9 Å². The summed E-state index contributed by atoms with van der Waals surface area (Å²) < 4.78 is 5.06. The lowest BCUT2D eigenvalue weighted by Crippen LogP contribution is -1.95. The fourth-order valence-electron chi connectivity index (χ4n) is 2.33. The number of ether oxygens (including phenoxy) is 1. The summed E-state index contributed by atoms with van der Waals surface area (Å²) in [5, 5.41) is 11.9. The summed E-state index contributed by atoms with van der Waals surface area (Å²) in [5.41, 5.74) is 0.975. The molecule has 0 bridgehead atoms. The zero-order valence-electron chi connectivity index (χ0n) is 14.8. The number of carbonyl (C=O) groups excluding carboxylic acids is 1. The standard InChI is InChI=1S/C20H15N3O4S/c1-27-16-7-5-15(6-8-16)18(24)9-3-14-4-10-19(17(13-14)23(25)26)28-20-21-11-2-12-22-20/h2-13H,1H3/b9-3+. The Kier molecular flexibility index (Phi) is 6.13. The maximum absolute atomic E-state index is 12.3. The Hall–Kier alpha value is -3.52. The monoisotopic (exact) mass is 393 g/mol. The van der Waals surface area contributed by atoms with Gasteiger partial charge in [-0.15, -0.1) is 0 Å². The summed E-state index contributed by atoms with van der Waals surface area (Å²) in [5.74, 6) is 0.452. The number of benzene rings is 2. The van der Waals surface area contributed by atoms with Crippen LogP contribution in [0.2, 0.25) is 0 Å². The van der Waals surface area contributed by atoms with Crippen molar-refractivity contribution in [2.75, 3.05) is 7.11 Å². The van der Waals surface area contributed by atoms with Crippen LogP contribution in [0.1, 0.15) is 15.9 Å². The number of hydrogen-bond donors (Lipinski definition) is 0. The van der Waals surface area contributed by atoms with Crippen molar-refractivity contribution in [3.63, 3.8) is 0 Å². The lowest BCUT2D eigenvalue weighted by Gasteiger charge is -2.03. The van der Waals surface area contributed by atoms with E-state index in [0.717, 1.165) is 11.8 Å². The molecule has 8 heteroatoms. The molecule has 0 atom stereocenters. The number of nitro groups is 1. The molecule has 7 nitrogen and oxygen atoms in total. The topological polar surface area (TPSA) is 95.2 Å². The van der Waals surface area contributed by atoms with Gasteiger partial charge in [-0.1, -0.05) is 12.1 Å². The first kappa shape index (κ1) is 19.2.